The molecule has 5 aliphatic heterocycles. The highest BCUT2D eigenvalue weighted by Crippen LogP contribution is 2.55. The van der Waals surface area contributed by atoms with Crippen molar-refractivity contribution in [2.75, 3.05) is 20.8 Å². The third-order valence-electron chi connectivity index (χ3n) is 10.7. The number of fused-ring (bicyclic) bond motifs is 9. The van der Waals surface area contributed by atoms with Crippen LogP contribution in [0.3, 0.4) is 0 Å². The Labute approximate surface area is 302 Å². The van der Waals surface area contributed by atoms with E-state index in [4.69, 9.17) is 24.2 Å². The molecule has 6 rings (SSSR count). The lowest BCUT2D eigenvalue weighted by Gasteiger charge is -2.36. The monoisotopic (exact) mass is 706 g/mol. The van der Waals surface area contributed by atoms with Crippen LogP contribution in [0.4, 0.5) is 0 Å². The van der Waals surface area contributed by atoms with Crippen LogP contribution in [0.15, 0.2) is 139 Å². The van der Waals surface area contributed by atoms with E-state index in [0.717, 1.165) is 33.6 Å². The van der Waals surface area contributed by atoms with E-state index < -0.39 is 35.2 Å². The number of methoxy groups -OCH3 is 2. The molecule has 8 bridgehead atoms. The summed E-state index contributed by atoms with van der Waals surface area (Å²) in [6, 6.07) is -0.230. The highest BCUT2D eigenvalue weighted by Gasteiger charge is 2.55. The zero-order chi connectivity index (χ0) is 37.6. The average molecular weight is 707 g/mol. The quantitative estimate of drug-likeness (QED) is 0.178. The molecule has 270 valence electrons. The van der Waals surface area contributed by atoms with E-state index in [-0.39, 0.29) is 30.6 Å². The largest absolute Gasteiger partial charge is 0.481 e. The molecule has 52 heavy (non-hydrogen) atoms. The highest BCUT2D eigenvalue weighted by molar-refractivity contribution is 6.14. The minimum absolute atomic E-state index is 0.0467. The summed E-state index contributed by atoms with van der Waals surface area (Å²) in [6.45, 7) is 15.3. The fourth-order valence-corrected chi connectivity index (χ4v) is 7.72. The van der Waals surface area contributed by atoms with Crippen LogP contribution < -0.4 is 10.6 Å². The first-order valence-electron chi connectivity index (χ1n) is 16.9. The average Bonchev–Trinajstić information content (AvgIpc) is 3.76. The number of carbonyl (C=O) groups is 3. The molecule has 0 saturated carbocycles. The van der Waals surface area contributed by atoms with Gasteiger partial charge in [-0.25, -0.2) is 14.8 Å². The van der Waals surface area contributed by atoms with Crippen LogP contribution >= 0.6 is 0 Å². The van der Waals surface area contributed by atoms with Crippen LogP contribution in [0.5, 0.6) is 0 Å². The molecule has 0 aromatic rings. The Morgan fingerprint density at radius 3 is 2.38 bits per heavy atom. The maximum absolute atomic E-state index is 13.7. The van der Waals surface area contributed by atoms with Gasteiger partial charge in [0, 0.05) is 40.6 Å². The van der Waals surface area contributed by atoms with E-state index in [1.54, 1.807) is 12.2 Å². The van der Waals surface area contributed by atoms with Crippen LogP contribution in [0.1, 0.15) is 40.5 Å². The van der Waals surface area contributed by atoms with Gasteiger partial charge in [-0.3, -0.25) is 9.59 Å². The van der Waals surface area contributed by atoms with Crippen molar-refractivity contribution in [2.24, 2.45) is 27.2 Å². The molecule has 4 N–H and O–H groups in total. The lowest BCUT2D eigenvalue weighted by Crippen LogP contribution is -2.41. The van der Waals surface area contributed by atoms with Gasteiger partial charge < -0.3 is 35.1 Å². The van der Waals surface area contributed by atoms with Gasteiger partial charge in [0.15, 0.2) is 0 Å². The Morgan fingerprint density at radius 2 is 1.73 bits per heavy atom. The molecule has 12 nitrogen and oxygen atoms in total. The van der Waals surface area contributed by atoms with Gasteiger partial charge in [0.05, 0.1) is 54.1 Å². The van der Waals surface area contributed by atoms with E-state index in [2.05, 4.69) is 30.7 Å². The van der Waals surface area contributed by atoms with Gasteiger partial charge in [-0.2, -0.15) is 0 Å². The van der Waals surface area contributed by atoms with Gasteiger partial charge >= 0.3 is 17.9 Å². The van der Waals surface area contributed by atoms with Crippen molar-refractivity contribution < 1.29 is 38.8 Å². The van der Waals surface area contributed by atoms with Gasteiger partial charge in [0.25, 0.3) is 5.95 Å². The molecule has 0 spiro atoms. The fourth-order valence-electron chi connectivity index (χ4n) is 7.72. The minimum atomic E-state index is -1.14. The van der Waals surface area contributed by atoms with Crippen molar-refractivity contribution in [3.8, 4) is 0 Å². The van der Waals surface area contributed by atoms with Crippen molar-refractivity contribution in [1.29, 1.82) is 0 Å². The fraction of sp³-hybridized carbons (Fsp3) is 0.325. The number of aliphatic hydroxyl groups excluding tert-OH is 1. The number of ether oxygens (including phenoxy) is 3. The first-order chi connectivity index (χ1) is 24.7. The number of hydrogen-bond donors (Lipinski definition) is 4. The zero-order valence-corrected chi connectivity index (χ0v) is 30.0. The normalized spacial score (nSPS) is 30.0. The molecule has 0 amide bonds. The number of allylic oxidation sites excluding steroid dienone is 10. The number of nitrogens with zero attached hydrogens (tertiary/aromatic N) is 2. The molecule has 0 aromatic carbocycles. The molecule has 2 unspecified atom stereocenters. The van der Waals surface area contributed by atoms with Crippen LogP contribution in [0, 0.1) is 17.3 Å². The van der Waals surface area contributed by atoms with E-state index in [0.29, 0.717) is 46.2 Å². The second kappa shape index (κ2) is 13.7. The summed E-state index contributed by atoms with van der Waals surface area (Å²) in [5, 5.41) is 26.6. The van der Waals surface area contributed by atoms with E-state index in [1.165, 1.54) is 14.2 Å². The van der Waals surface area contributed by atoms with E-state index in [9.17, 15) is 24.6 Å². The molecule has 1 fully saturated rings. The standard InChI is InChI=1S/C40H42N4O8/c1-9-23-19(2)29-15-34-27-12-10-25(38(48)50-7)37(39(49)51-8)40(27,6)35(44-34)17-30-21(4)26(18-52-22(5)45)33(43-30)16-32-24(11-13-36(46)47)20(3)28(42-32)14-31(23)41-29/h9-10,12,14-17,20,28,37,42,44-45H,1,5,11,13,18H2,2-4,6-8H3,(H,46,47)/b31-14-,33-16-,34-15-,35-17-/t20?,28?,37-,40+/m0/s1. The van der Waals surface area contributed by atoms with Crippen molar-refractivity contribution in [3.63, 3.8) is 0 Å². The van der Waals surface area contributed by atoms with Crippen molar-refractivity contribution in [2.45, 2.75) is 46.6 Å². The van der Waals surface area contributed by atoms with Crippen LogP contribution in [0.25, 0.3) is 0 Å². The highest BCUT2D eigenvalue weighted by atomic mass is 16.6. The van der Waals surface area contributed by atoms with Crippen LogP contribution in [-0.4, -0.2) is 66.4 Å². The number of carboxylic acids is 1. The number of aliphatic carboxylic acids is 1. The number of rotatable bonds is 9. The molecule has 6 aliphatic rings. The molecule has 1 saturated heterocycles. The molecule has 1 aliphatic carbocycles. The topological polar surface area (TPSA) is 168 Å². The number of carboxylic acid groups (broad SMARTS) is 1. The van der Waals surface area contributed by atoms with Crippen molar-refractivity contribution >= 4 is 29.3 Å². The predicted octanol–water partition coefficient (Wildman–Crippen LogP) is 5.47. The Hall–Kier alpha value is -5.91. The third-order valence-corrected chi connectivity index (χ3v) is 10.7. The molecule has 0 aromatic heterocycles. The summed E-state index contributed by atoms with van der Waals surface area (Å²) in [4.78, 5) is 48.6. The van der Waals surface area contributed by atoms with Gasteiger partial charge in [0.2, 0.25) is 0 Å². The van der Waals surface area contributed by atoms with Crippen LogP contribution in [-0.2, 0) is 28.6 Å². The SMILES string of the molecule is C=CC1=C(C)C2=NC/1=C\C1NC(=C(CCC(=O)O)C1C)/C=C1N=C(/C=C3\N/C(=C\2)C2=CC=C(C(=O)OC)[C@@H](C(=O)OC)[C@]23C)C(C)=C\1COC(=C)O. The molecular weight excluding hydrogens is 664 g/mol. The maximum atomic E-state index is 13.7. The number of aliphatic imine (C=N–C) groups is 2. The Balaban J connectivity index is 1.65. The summed E-state index contributed by atoms with van der Waals surface area (Å²) in [7, 11) is 2.55. The number of carbonyl (C=O) groups excluding carboxylic acids is 2. The lowest BCUT2D eigenvalue weighted by atomic mass is 9.64. The maximum Gasteiger partial charge on any atom is 0.334 e. The summed E-state index contributed by atoms with van der Waals surface area (Å²) in [5.74, 6) is -3.79. The summed E-state index contributed by atoms with van der Waals surface area (Å²) in [6.07, 6.45) is 13.1. The number of esters is 2. The first-order valence-corrected chi connectivity index (χ1v) is 16.9. The molecule has 4 atom stereocenters. The Bertz CT molecular complexity index is 2080. The number of nitrogens with one attached hydrogen (secondary N) is 2. The minimum Gasteiger partial charge on any atom is -0.481 e. The first kappa shape index (κ1) is 35.9. The third kappa shape index (κ3) is 5.97. The lowest BCUT2D eigenvalue weighted by molar-refractivity contribution is -0.150. The van der Waals surface area contributed by atoms with E-state index >= 15 is 0 Å². The van der Waals surface area contributed by atoms with Crippen LogP contribution in [0.2, 0.25) is 0 Å². The summed E-state index contributed by atoms with van der Waals surface area (Å²) < 4.78 is 15.9. The number of aliphatic hydroxyl groups is 1. The molecule has 12 heteroatoms. The van der Waals surface area contributed by atoms with Gasteiger partial charge in [-0.1, -0.05) is 31.7 Å². The second-order valence-electron chi connectivity index (χ2n) is 13.5. The van der Waals surface area contributed by atoms with Crippen molar-refractivity contribution in [3.05, 3.63) is 129 Å². The van der Waals surface area contributed by atoms with E-state index in [1.807, 2.05) is 51.2 Å². The molecule has 0 radical (unpaired) electrons. The second-order valence-corrected chi connectivity index (χ2v) is 13.5. The zero-order valence-electron chi connectivity index (χ0n) is 30.0. The Kier molecular flexibility index (Phi) is 9.43. The number of hydrogen-bond acceptors (Lipinski definition) is 11. The summed E-state index contributed by atoms with van der Waals surface area (Å²) in [5.41, 5.74) is 8.26. The van der Waals surface area contributed by atoms with Gasteiger partial charge in [-0.15, -0.1) is 0 Å². The van der Waals surface area contributed by atoms with Gasteiger partial charge in [0.1, 0.15) is 12.5 Å². The Morgan fingerprint density at radius 1 is 1.02 bits per heavy atom. The molecule has 5 heterocycles. The van der Waals surface area contributed by atoms with Crippen molar-refractivity contribution in [1.82, 2.24) is 10.6 Å². The molecular formula is C40H42N4O8. The predicted molar refractivity (Wildman–Crippen MR) is 195 cm³/mol. The smallest absolute Gasteiger partial charge is 0.334 e. The summed E-state index contributed by atoms with van der Waals surface area (Å²) >= 11 is 0. The van der Waals surface area contributed by atoms with Gasteiger partial charge in [-0.05, 0) is 80.4 Å².